The molecule has 3 rings (SSSR count). The SMILES string of the molecule is COCCn1c(N)c(C(=O)CN2CCCc3c(C)ccc(F)c32)c(=O)[nH]c1=O. The molecule has 1 aromatic carbocycles. The van der Waals surface area contributed by atoms with Crippen molar-refractivity contribution in [1.82, 2.24) is 9.55 Å². The van der Waals surface area contributed by atoms with E-state index in [1.54, 1.807) is 11.0 Å². The summed E-state index contributed by atoms with van der Waals surface area (Å²) in [5.41, 5.74) is 6.32. The number of nitrogens with two attached hydrogens (primary N) is 1. The smallest absolute Gasteiger partial charge is 0.330 e. The average Bonchev–Trinajstić information content (AvgIpc) is 2.64. The number of hydrogen-bond acceptors (Lipinski definition) is 6. The second-order valence-electron chi connectivity index (χ2n) is 6.80. The van der Waals surface area contributed by atoms with Gasteiger partial charge in [0.15, 0.2) is 5.78 Å². The first-order valence-corrected chi connectivity index (χ1v) is 9.02. The molecule has 0 aliphatic carbocycles. The molecule has 0 saturated heterocycles. The van der Waals surface area contributed by atoms with Gasteiger partial charge >= 0.3 is 5.69 Å². The van der Waals surface area contributed by atoms with E-state index in [0.717, 1.165) is 28.5 Å². The number of halogens is 1. The van der Waals surface area contributed by atoms with Gasteiger partial charge in [-0.3, -0.25) is 19.1 Å². The van der Waals surface area contributed by atoms with Gasteiger partial charge in [0, 0.05) is 13.7 Å². The lowest BCUT2D eigenvalue weighted by Gasteiger charge is -2.32. The maximum Gasteiger partial charge on any atom is 0.330 e. The predicted octanol–water partition coefficient (Wildman–Crippen LogP) is 0.848. The summed E-state index contributed by atoms with van der Waals surface area (Å²) in [7, 11) is 1.46. The molecular weight excluding hydrogens is 367 g/mol. The summed E-state index contributed by atoms with van der Waals surface area (Å²) in [5.74, 6) is -1.18. The minimum absolute atomic E-state index is 0.0958. The number of H-pyrrole nitrogens is 1. The highest BCUT2D eigenvalue weighted by atomic mass is 19.1. The Hall–Kier alpha value is -2.94. The molecule has 8 nitrogen and oxygen atoms in total. The van der Waals surface area contributed by atoms with Crippen LogP contribution >= 0.6 is 0 Å². The number of hydrogen-bond donors (Lipinski definition) is 2. The molecule has 0 bridgehead atoms. The number of carbonyl (C=O) groups is 1. The number of nitrogen functional groups attached to an aromatic ring is 1. The van der Waals surface area contributed by atoms with E-state index in [2.05, 4.69) is 4.98 Å². The van der Waals surface area contributed by atoms with Crippen LogP contribution in [-0.4, -0.2) is 42.1 Å². The fraction of sp³-hybridized carbons (Fsp3) is 0.421. The number of rotatable bonds is 6. The van der Waals surface area contributed by atoms with E-state index in [-0.39, 0.29) is 31.1 Å². The molecular formula is C19H23FN4O4. The molecule has 1 aliphatic heterocycles. The van der Waals surface area contributed by atoms with E-state index in [1.165, 1.54) is 13.2 Å². The van der Waals surface area contributed by atoms with Gasteiger partial charge in [0.05, 0.1) is 25.4 Å². The molecule has 0 radical (unpaired) electrons. The van der Waals surface area contributed by atoms with E-state index in [4.69, 9.17) is 10.5 Å². The standard InChI is InChI=1S/C19H23FN4O4/c1-11-5-6-13(20)16-12(11)4-3-7-23(16)10-14(25)15-17(21)24(8-9-28-2)19(27)22-18(15)26/h5-6H,3-4,7-10,21H2,1-2H3,(H,22,26,27). The molecule has 1 aromatic heterocycles. The third-order valence-electron chi connectivity index (χ3n) is 5.01. The van der Waals surface area contributed by atoms with Gasteiger partial charge in [-0.05, 0) is 37.0 Å². The van der Waals surface area contributed by atoms with Gasteiger partial charge in [0.25, 0.3) is 5.56 Å². The topological polar surface area (TPSA) is 110 Å². The first-order chi connectivity index (χ1) is 13.3. The van der Waals surface area contributed by atoms with Crippen molar-refractivity contribution in [1.29, 1.82) is 0 Å². The Labute approximate surface area is 160 Å². The van der Waals surface area contributed by atoms with Gasteiger partial charge in [-0.15, -0.1) is 0 Å². The summed E-state index contributed by atoms with van der Waals surface area (Å²) in [6.07, 6.45) is 1.50. The quantitative estimate of drug-likeness (QED) is 0.708. The zero-order valence-corrected chi connectivity index (χ0v) is 15.9. The van der Waals surface area contributed by atoms with E-state index in [1.807, 2.05) is 6.92 Å². The maximum absolute atomic E-state index is 14.5. The second-order valence-corrected chi connectivity index (χ2v) is 6.80. The number of ketones is 1. The van der Waals surface area contributed by atoms with Gasteiger partial charge < -0.3 is 15.4 Å². The Morgan fingerprint density at radius 2 is 2.11 bits per heavy atom. The molecule has 2 aromatic rings. The lowest BCUT2D eigenvalue weighted by atomic mass is 9.96. The summed E-state index contributed by atoms with van der Waals surface area (Å²) in [4.78, 5) is 40.9. The van der Waals surface area contributed by atoms with Crippen molar-refractivity contribution < 1.29 is 13.9 Å². The summed E-state index contributed by atoms with van der Waals surface area (Å²) < 4.78 is 20.5. The second kappa shape index (κ2) is 7.97. The molecule has 9 heteroatoms. The monoisotopic (exact) mass is 390 g/mol. The van der Waals surface area contributed by atoms with Crippen molar-refractivity contribution in [3.8, 4) is 0 Å². The highest BCUT2D eigenvalue weighted by Crippen LogP contribution is 2.32. The zero-order chi connectivity index (χ0) is 20.4. The number of nitrogens with zero attached hydrogens (tertiary/aromatic N) is 2. The number of ether oxygens (including phenoxy) is 1. The minimum Gasteiger partial charge on any atom is -0.384 e. The van der Waals surface area contributed by atoms with Crippen LogP contribution in [0.1, 0.15) is 27.9 Å². The van der Waals surface area contributed by atoms with Crippen molar-refractivity contribution in [3.63, 3.8) is 0 Å². The molecule has 0 saturated carbocycles. The zero-order valence-electron chi connectivity index (χ0n) is 15.9. The number of anilines is 2. The van der Waals surface area contributed by atoms with Crippen molar-refractivity contribution in [2.45, 2.75) is 26.3 Å². The van der Waals surface area contributed by atoms with Crippen LogP contribution in [0.15, 0.2) is 21.7 Å². The Bertz CT molecular complexity index is 1030. The van der Waals surface area contributed by atoms with Crippen LogP contribution < -0.4 is 21.9 Å². The largest absolute Gasteiger partial charge is 0.384 e. The Kier molecular flexibility index (Phi) is 5.64. The third kappa shape index (κ3) is 3.57. The van der Waals surface area contributed by atoms with E-state index < -0.39 is 22.8 Å². The van der Waals surface area contributed by atoms with Crippen molar-refractivity contribution >= 4 is 17.3 Å². The van der Waals surface area contributed by atoms with Crippen LogP contribution in [-0.2, 0) is 17.7 Å². The number of carbonyl (C=O) groups excluding carboxylic acids is 1. The average molecular weight is 390 g/mol. The Balaban J connectivity index is 1.97. The van der Waals surface area contributed by atoms with Crippen LogP contribution in [0.25, 0.3) is 0 Å². The molecule has 150 valence electrons. The first-order valence-electron chi connectivity index (χ1n) is 9.02. The number of aromatic nitrogens is 2. The van der Waals surface area contributed by atoms with Crippen LogP contribution in [0.2, 0.25) is 0 Å². The van der Waals surface area contributed by atoms with Gasteiger partial charge in [-0.2, -0.15) is 0 Å². The third-order valence-corrected chi connectivity index (χ3v) is 5.01. The van der Waals surface area contributed by atoms with Crippen LogP contribution in [0.3, 0.4) is 0 Å². The molecule has 0 unspecified atom stereocenters. The number of methoxy groups -OCH3 is 1. The van der Waals surface area contributed by atoms with E-state index >= 15 is 0 Å². The van der Waals surface area contributed by atoms with Crippen molar-refractivity contribution in [2.75, 3.05) is 37.4 Å². The van der Waals surface area contributed by atoms with Crippen LogP contribution in [0, 0.1) is 12.7 Å². The molecule has 28 heavy (non-hydrogen) atoms. The Morgan fingerprint density at radius 3 is 2.82 bits per heavy atom. The predicted molar refractivity (Wildman–Crippen MR) is 104 cm³/mol. The molecule has 0 fully saturated rings. The molecule has 0 spiro atoms. The molecule has 0 atom stereocenters. The van der Waals surface area contributed by atoms with Crippen molar-refractivity contribution in [3.05, 3.63) is 55.5 Å². The van der Waals surface area contributed by atoms with Crippen molar-refractivity contribution in [2.24, 2.45) is 0 Å². The molecule has 2 heterocycles. The molecule has 0 amide bonds. The lowest BCUT2D eigenvalue weighted by molar-refractivity contribution is 0.0996. The van der Waals surface area contributed by atoms with Gasteiger partial charge in [-0.25, -0.2) is 9.18 Å². The highest BCUT2D eigenvalue weighted by molar-refractivity contribution is 6.02. The summed E-state index contributed by atoms with van der Waals surface area (Å²) in [5, 5.41) is 0. The summed E-state index contributed by atoms with van der Waals surface area (Å²) >= 11 is 0. The van der Waals surface area contributed by atoms with E-state index in [9.17, 15) is 18.8 Å². The summed E-state index contributed by atoms with van der Waals surface area (Å²) in [6, 6.07) is 3.09. The normalized spacial score (nSPS) is 13.5. The number of fused-ring (bicyclic) bond motifs is 1. The van der Waals surface area contributed by atoms with E-state index in [0.29, 0.717) is 12.2 Å². The highest BCUT2D eigenvalue weighted by Gasteiger charge is 2.27. The molecule has 3 N–H and O–H groups in total. The maximum atomic E-state index is 14.5. The Morgan fingerprint density at radius 1 is 1.36 bits per heavy atom. The summed E-state index contributed by atoms with van der Waals surface area (Å²) in [6.45, 7) is 2.47. The number of Topliss-reactive ketones (excluding diaryl/α,β-unsaturated/α-hetero) is 1. The number of benzene rings is 1. The fourth-order valence-corrected chi connectivity index (χ4v) is 3.60. The van der Waals surface area contributed by atoms with Gasteiger partial charge in [0.2, 0.25) is 0 Å². The molecule has 1 aliphatic rings. The number of nitrogens with one attached hydrogen (secondary N) is 1. The van der Waals surface area contributed by atoms with Crippen LogP contribution in [0.4, 0.5) is 15.9 Å². The van der Waals surface area contributed by atoms with Gasteiger partial charge in [-0.1, -0.05) is 6.07 Å². The van der Waals surface area contributed by atoms with Gasteiger partial charge in [0.1, 0.15) is 17.2 Å². The first kappa shape index (κ1) is 19.8. The fourth-order valence-electron chi connectivity index (χ4n) is 3.60. The number of aryl methyl sites for hydroxylation is 1. The minimum atomic E-state index is -0.844. The number of aromatic amines is 1. The van der Waals surface area contributed by atoms with Crippen LogP contribution in [0.5, 0.6) is 0 Å². The lowest BCUT2D eigenvalue weighted by Crippen LogP contribution is -2.41.